The van der Waals surface area contributed by atoms with E-state index in [0.717, 1.165) is 43.4 Å². The number of alkyl halides is 2. The molecule has 3 aromatic rings. The van der Waals surface area contributed by atoms with Crippen LogP contribution in [0.1, 0.15) is 73.2 Å². The minimum Gasteiger partial charge on any atom is -0.377 e. The van der Waals surface area contributed by atoms with Gasteiger partial charge in [0, 0.05) is 12.4 Å². The van der Waals surface area contributed by atoms with Gasteiger partial charge in [-0.15, -0.1) is 0 Å². The van der Waals surface area contributed by atoms with Gasteiger partial charge in [0.05, 0.1) is 36.8 Å². The molecule has 1 aliphatic carbocycles. The van der Waals surface area contributed by atoms with Gasteiger partial charge in [-0.3, -0.25) is 9.48 Å². The van der Waals surface area contributed by atoms with E-state index in [1.54, 1.807) is 10.9 Å². The summed E-state index contributed by atoms with van der Waals surface area (Å²) >= 11 is 0. The van der Waals surface area contributed by atoms with E-state index >= 15 is 0 Å². The van der Waals surface area contributed by atoms with Gasteiger partial charge in [-0.1, -0.05) is 13.0 Å². The Bertz CT molecular complexity index is 1190. The second-order valence-corrected chi connectivity index (χ2v) is 8.77. The molecule has 0 saturated heterocycles. The van der Waals surface area contributed by atoms with E-state index in [-0.39, 0.29) is 17.3 Å². The quantitative estimate of drug-likeness (QED) is 0.603. The molecule has 3 aromatic heterocycles. The third-order valence-corrected chi connectivity index (χ3v) is 6.48. The Morgan fingerprint density at radius 1 is 1.27 bits per heavy atom. The summed E-state index contributed by atoms with van der Waals surface area (Å²) in [6.45, 7) is 3.34. The Balaban J connectivity index is 1.41. The SMILES string of the molecule is CC1CCC(n2cc(NC(=O)c3cnn4ccc(C5=CCOCC5)nc34)c(C(F)F)n2)CC1. The maximum Gasteiger partial charge on any atom is 0.284 e. The first-order valence-electron chi connectivity index (χ1n) is 11.3. The van der Waals surface area contributed by atoms with Crippen LogP contribution in [-0.2, 0) is 4.74 Å². The number of carbonyl (C=O) groups is 1. The summed E-state index contributed by atoms with van der Waals surface area (Å²) in [5, 5.41) is 10.9. The van der Waals surface area contributed by atoms with Gasteiger partial charge in [0.1, 0.15) is 5.56 Å². The fraction of sp³-hybridized carbons (Fsp3) is 0.478. The highest BCUT2D eigenvalue weighted by atomic mass is 19.3. The van der Waals surface area contributed by atoms with Gasteiger partial charge in [0.15, 0.2) is 11.3 Å². The van der Waals surface area contributed by atoms with Gasteiger partial charge in [0.25, 0.3) is 12.3 Å². The molecule has 0 atom stereocenters. The van der Waals surface area contributed by atoms with E-state index in [0.29, 0.717) is 24.8 Å². The Morgan fingerprint density at radius 2 is 2.09 bits per heavy atom. The number of nitrogens with zero attached hydrogens (tertiary/aromatic N) is 5. The maximum absolute atomic E-state index is 13.7. The summed E-state index contributed by atoms with van der Waals surface area (Å²) in [5.74, 6) is 0.0878. The zero-order chi connectivity index (χ0) is 22.9. The second-order valence-electron chi connectivity index (χ2n) is 8.77. The Kier molecular flexibility index (Phi) is 5.92. The zero-order valence-electron chi connectivity index (χ0n) is 18.4. The number of carbonyl (C=O) groups excluding carboxylic acids is 1. The van der Waals surface area contributed by atoms with E-state index in [9.17, 15) is 13.6 Å². The van der Waals surface area contributed by atoms with Crippen molar-refractivity contribution in [1.82, 2.24) is 24.4 Å². The molecule has 1 fully saturated rings. The topological polar surface area (TPSA) is 86.3 Å². The van der Waals surface area contributed by atoms with Gasteiger partial charge in [-0.05, 0) is 49.7 Å². The third-order valence-electron chi connectivity index (χ3n) is 6.48. The highest BCUT2D eigenvalue weighted by Gasteiger charge is 2.26. The average Bonchev–Trinajstić information content (AvgIpc) is 3.44. The molecule has 8 nitrogen and oxygen atoms in total. The van der Waals surface area contributed by atoms with E-state index in [1.165, 1.54) is 16.9 Å². The summed E-state index contributed by atoms with van der Waals surface area (Å²) in [6.07, 6.45) is 8.41. The summed E-state index contributed by atoms with van der Waals surface area (Å²) in [7, 11) is 0. The number of amides is 1. The number of ether oxygens (including phenoxy) is 1. The fourth-order valence-electron chi connectivity index (χ4n) is 4.51. The van der Waals surface area contributed by atoms with Crippen molar-refractivity contribution in [2.45, 2.75) is 51.5 Å². The number of fused-ring (bicyclic) bond motifs is 1. The monoisotopic (exact) mass is 456 g/mol. The molecular formula is C23H26F2N6O2. The molecule has 174 valence electrons. The molecule has 4 heterocycles. The second kappa shape index (κ2) is 9.01. The molecule has 2 aliphatic rings. The average molecular weight is 456 g/mol. The van der Waals surface area contributed by atoms with Crippen molar-refractivity contribution in [3.05, 3.63) is 47.7 Å². The maximum atomic E-state index is 13.7. The van der Waals surface area contributed by atoms with Gasteiger partial charge in [-0.25, -0.2) is 18.3 Å². The first-order chi connectivity index (χ1) is 16.0. The lowest BCUT2D eigenvalue weighted by Crippen LogP contribution is -2.17. The molecule has 5 rings (SSSR count). The highest BCUT2D eigenvalue weighted by Crippen LogP contribution is 2.34. The van der Waals surface area contributed by atoms with Crippen LogP contribution >= 0.6 is 0 Å². The number of hydrogen-bond acceptors (Lipinski definition) is 5. The van der Waals surface area contributed by atoms with Crippen molar-refractivity contribution in [3.8, 4) is 0 Å². The first-order valence-corrected chi connectivity index (χ1v) is 11.3. The first kappa shape index (κ1) is 21.7. The van der Waals surface area contributed by atoms with Crippen LogP contribution < -0.4 is 5.32 Å². The zero-order valence-corrected chi connectivity index (χ0v) is 18.4. The molecule has 0 radical (unpaired) electrons. The Hall–Kier alpha value is -3.14. The molecule has 33 heavy (non-hydrogen) atoms. The van der Waals surface area contributed by atoms with Crippen molar-refractivity contribution in [2.24, 2.45) is 5.92 Å². The molecule has 1 aliphatic heterocycles. The van der Waals surface area contributed by atoms with Crippen LogP contribution in [0.5, 0.6) is 0 Å². The van der Waals surface area contributed by atoms with Crippen LogP contribution in [0.3, 0.4) is 0 Å². The minimum atomic E-state index is -2.79. The lowest BCUT2D eigenvalue weighted by Gasteiger charge is -2.26. The summed E-state index contributed by atoms with van der Waals surface area (Å²) in [4.78, 5) is 17.7. The Morgan fingerprint density at radius 3 is 2.82 bits per heavy atom. The van der Waals surface area contributed by atoms with Crippen LogP contribution in [0.15, 0.2) is 30.7 Å². The summed E-state index contributed by atoms with van der Waals surface area (Å²) in [5.41, 5.74) is 1.97. The molecular weight excluding hydrogens is 430 g/mol. The van der Waals surface area contributed by atoms with Crippen molar-refractivity contribution >= 4 is 22.8 Å². The van der Waals surface area contributed by atoms with Crippen molar-refractivity contribution in [3.63, 3.8) is 0 Å². The van der Waals surface area contributed by atoms with Crippen molar-refractivity contribution < 1.29 is 18.3 Å². The van der Waals surface area contributed by atoms with E-state index < -0.39 is 18.0 Å². The fourth-order valence-corrected chi connectivity index (χ4v) is 4.51. The van der Waals surface area contributed by atoms with Crippen LogP contribution in [0.2, 0.25) is 0 Å². The highest BCUT2D eigenvalue weighted by molar-refractivity contribution is 6.08. The molecule has 0 aromatic carbocycles. The van der Waals surface area contributed by atoms with Crippen molar-refractivity contribution in [2.75, 3.05) is 18.5 Å². The predicted molar refractivity (Wildman–Crippen MR) is 118 cm³/mol. The number of hydrogen-bond donors (Lipinski definition) is 1. The van der Waals surface area contributed by atoms with Crippen LogP contribution in [0.25, 0.3) is 11.2 Å². The van der Waals surface area contributed by atoms with Gasteiger partial charge < -0.3 is 10.1 Å². The largest absolute Gasteiger partial charge is 0.377 e. The van der Waals surface area contributed by atoms with Gasteiger partial charge >= 0.3 is 0 Å². The summed E-state index contributed by atoms with van der Waals surface area (Å²) in [6, 6.07) is 1.90. The minimum absolute atomic E-state index is 0.0243. The number of rotatable bonds is 5. The molecule has 0 bridgehead atoms. The predicted octanol–water partition coefficient (Wildman–Crippen LogP) is 4.67. The van der Waals surface area contributed by atoms with Crippen LogP contribution in [0, 0.1) is 5.92 Å². The lowest BCUT2D eigenvalue weighted by molar-refractivity contribution is 0.102. The normalized spacial score (nSPS) is 21.4. The molecule has 1 saturated carbocycles. The molecule has 0 spiro atoms. The van der Waals surface area contributed by atoms with E-state index in [4.69, 9.17) is 4.74 Å². The number of aromatic nitrogens is 5. The van der Waals surface area contributed by atoms with Gasteiger partial charge in [-0.2, -0.15) is 10.2 Å². The molecule has 10 heteroatoms. The smallest absolute Gasteiger partial charge is 0.284 e. The van der Waals surface area contributed by atoms with E-state index in [1.807, 2.05) is 12.1 Å². The van der Waals surface area contributed by atoms with Crippen molar-refractivity contribution in [1.29, 1.82) is 0 Å². The van der Waals surface area contributed by atoms with Crippen LogP contribution in [0.4, 0.5) is 14.5 Å². The van der Waals surface area contributed by atoms with E-state index in [2.05, 4.69) is 27.4 Å². The molecule has 1 amide bonds. The molecule has 0 unspecified atom stereocenters. The van der Waals surface area contributed by atoms with Crippen LogP contribution in [-0.4, -0.2) is 43.5 Å². The number of halogens is 2. The lowest BCUT2D eigenvalue weighted by atomic mass is 9.87. The Labute approximate surface area is 189 Å². The number of nitrogens with one attached hydrogen (secondary N) is 1. The standard InChI is InChI=1S/C23H26F2N6O2/c1-14-2-4-16(5-3-14)31-13-19(20(29-31)21(24)25)28-23(32)17-12-26-30-9-6-18(27-22(17)30)15-7-10-33-11-8-15/h6-7,9,12-14,16,21H,2-5,8,10-11H2,1H3,(H,28,32). The molecule has 1 N–H and O–H groups in total. The van der Waals surface area contributed by atoms with Gasteiger partial charge in [0.2, 0.25) is 0 Å². The number of anilines is 1. The summed E-state index contributed by atoms with van der Waals surface area (Å²) < 4.78 is 35.8. The third kappa shape index (κ3) is 4.39.